The van der Waals surface area contributed by atoms with Gasteiger partial charge in [-0.15, -0.1) is 0 Å². The van der Waals surface area contributed by atoms with Gasteiger partial charge >= 0.3 is 0 Å². The molecule has 0 aliphatic carbocycles. The van der Waals surface area contributed by atoms with E-state index in [9.17, 15) is 0 Å². The van der Waals surface area contributed by atoms with Gasteiger partial charge in [0.05, 0.1) is 22.1 Å². The van der Waals surface area contributed by atoms with Crippen LogP contribution in [0.4, 0.5) is 0 Å². The molecule has 2 aromatic heterocycles. The van der Waals surface area contributed by atoms with Crippen LogP contribution < -0.4 is 0 Å². The van der Waals surface area contributed by atoms with Crippen molar-refractivity contribution in [3.05, 3.63) is 194 Å². The van der Waals surface area contributed by atoms with Crippen molar-refractivity contribution in [3.63, 3.8) is 0 Å². The molecule has 0 unspecified atom stereocenters. The third kappa shape index (κ3) is 4.57. The van der Waals surface area contributed by atoms with Crippen LogP contribution in [0, 0.1) is 0 Å². The van der Waals surface area contributed by atoms with Crippen molar-refractivity contribution < 1.29 is 0 Å². The van der Waals surface area contributed by atoms with Gasteiger partial charge in [-0.3, -0.25) is 0 Å². The molecule has 0 radical (unpaired) electrons. The van der Waals surface area contributed by atoms with Gasteiger partial charge in [-0.2, -0.15) is 0 Å². The second-order valence-electron chi connectivity index (χ2n) is 13.0. The Morgan fingerprint density at radius 1 is 0.220 bits per heavy atom. The first-order chi connectivity index (χ1) is 24.8. The van der Waals surface area contributed by atoms with Crippen LogP contribution in [0.1, 0.15) is 0 Å². The molecule has 10 aromatic rings. The summed E-state index contributed by atoms with van der Waals surface area (Å²) in [6, 6.07) is 70.5. The van der Waals surface area contributed by atoms with Crippen LogP contribution >= 0.6 is 0 Å². The van der Waals surface area contributed by atoms with E-state index >= 15 is 0 Å². The maximum absolute atomic E-state index is 2.46. The van der Waals surface area contributed by atoms with Crippen molar-refractivity contribution >= 4 is 43.6 Å². The summed E-state index contributed by atoms with van der Waals surface area (Å²) < 4.78 is 4.90. The molecule has 0 spiro atoms. The molecular formula is C48H32N2. The van der Waals surface area contributed by atoms with Gasteiger partial charge in [-0.05, 0) is 88.0 Å². The summed E-state index contributed by atoms with van der Waals surface area (Å²) in [5.41, 5.74) is 14.3. The standard InChI is InChI=1S/C48H32N2/c1-4-15-33(16-5-1)36-21-14-22-39(28-36)49-45-25-12-10-23-41(45)43-32-48-44(31-47(43)49)42-24-11-13-26-46(42)50(48)40-29-37(34-17-6-2-7-18-34)27-38(30-40)35-19-8-3-9-20-35/h1-32H. The topological polar surface area (TPSA) is 9.86 Å². The fourth-order valence-electron chi connectivity index (χ4n) is 7.78. The van der Waals surface area contributed by atoms with Crippen LogP contribution in [-0.2, 0) is 0 Å². The number of hydrogen-bond donors (Lipinski definition) is 0. The summed E-state index contributed by atoms with van der Waals surface area (Å²) in [5, 5.41) is 4.97. The zero-order valence-electron chi connectivity index (χ0n) is 27.4. The summed E-state index contributed by atoms with van der Waals surface area (Å²) in [6.45, 7) is 0. The highest BCUT2D eigenvalue weighted by atomic mass is 15.0. The second kappa shape index (κ2) is 11.5. The first kappa shape index (κ1) is 28.4. The molecule has 0 saturated carbocycles. The average molecular weight is 637 g/mol. The number of hydrogen-bond acceptors (Lipinski definition) is 0. The summed E-state index contributed by atoms with van der Waals surface area (Å²) in [6.07, 6.45) is 0. The maximum Gasteiger partial charge on any atom is 0.0548 e. The van der Waals surface area contributed by atoms with E-state index in [0.29, 0.717) is 0 Å². The number of fused-ring (bicyclic) bond motifs is 6. The van der Waals surface area contributed by atoms with E-state index in [0.717, 1.165) is 11.4 Å². The molecule has 0 bridgehead atoms. The Hall–Kier alpha value is -6.64. The molecule has 10 rings (SSSR count). The minimum Gasteiger partial charge on any atom is -0.309 e. The number of benzene rings is 8. The van der Waals surface area contributed by atoms with Gasteiger partial charge in [0.2, 0.25) is 0 Å². The Labute approximate surface area is 290 Å². The fraction of sp³-hybridized carbons (Fsp3) is 0. The minimum absolute atomic E-state index is 1.15. The largest absolute Gasteiger partial charge is 0.309 e. The van der Waals surface area contributed by atoms with Crippen molar-refractivity contribution in [2.75, 3.05) is 0 Å². The van der Waals surface area contributed by atoms with Gasteiger partial charge in [-0.1, -0.05) is 140 Å². The summed E-state index contributed by atoms with van der Waals surface area (Å²) >= 11 is 0. The molecule has 0 saturated heterocycles. The highest BCUT2D eigenvalue weighted by Crippen LogP contribution is 2.41. The third-order valence-corrected chi connectivity index (χ3v) is 10.1. The molecule has 0 aliphatic heterocycles. The first-order valence-electron chi connectivity index (χ1n) is 17.2. The lowest BCUT2D eigenvalue weighted by Crippen LogP contribution is -1.96. The van der Waals surface area contributed by atoms with Crippen molar-refractivity contribution in [1.29, 1.82) is 0 Å². The Balaban J connectivity index is 1.27. The van der Waals surface area contributed by atoms with Crippen LogP contribution in [0.25, 0.3) is 88.4 Å². The molecule has 2 heteroatoms. The maximum atomic E-state index is 2.46. The summed E-state index contributed by atoms with van der Waals surface area (Å²) in [4.78, 5) is 0. The molecule has 0 atom stereocenters. The quantitative estimate of drug-likeness (QED) is 0.178. The predicted octanol–water partition coefficient (Wildman–Crippen LogP) is 12.9. The lowest BCUT2D eigenvalue weighted by atomic mass is 9.98. The van der Waals surface area contributed by atoms with Crippen molar-refractivity contribution in [2.45, 2.75) is 0 Å². The molecule has 0 N–H and O–H groups in total. The van der Waals surface area contributed by atoms with E-state index < -0.39 is 0 Å². The SMILES string of the molecule is c1ccc(-c2cccc(-n3c4ccccc4c4cc5c(cc43)c3ccccc3n5-c3cc(-c4ccccc4)cc(-c4ccccc4)c3)c2)cc1. The van der Waals surface area contributed by atoms with E-state index in [1.807, 2.05) is 0 Å². The highest BCUT2D eigenvalue weighted by molar-refractivity contribution is 6.19. The second-order valence-corrected chi connectivity index (χ2v) is 13.0. The molecule has 2 heterocycles. The first-order valence-corrected chi connectivity index (χ1v) is 17.2. The minimum atomic E-state index is 1.15. The number of aromatic nitrogens is 2. The molecule has 0 aliphatic rings. The molecule has 2 nitrogen and oxygen atoms in total. The Bertz CT molecular complexity index is 2780. The number of rotatable bonds is 5. The smallest absolute Gasteiger partial charge is 0.0548 e. The number of para-hydroxylation sites is 2. The molecule has 0 fully saturated rings. The van der Waals surface area contributed by atoms with E-state index in [4.69, 9.17) is 0 Å². The molecule has 234 valence electrons. The molecule has 50 heavy (non-hydrogen) atoms. The van der Waals surface area contributed by atoms with Gasteiger partial charge in [0.1, 0.15) is 0 Å². The normalized spacial score (nSPS) is 11.6. The van der Waals surface area contributed by atoms with Crippen LogP contribution in [-0.4, -0.2) is 9.13 Å². The van der Waals surface area contributed by atoms with Gasteiger partial charge < -0.3 is 9.13 Å². The Kier molecular flexibility index (Phi) is 6.53. The fourth-order valence-corrected chi connectivity index (χ4v) is 7.78. The van der Waals surface area contributed by atoms with Crippen molar-refractivity contribution in [3.8, 4) is 44.8 Å². The van der Waals surface area contributed by atoms with Crippen LogP contribution in [0.15, 0.2) is 194 Å². The van der Waals surface area contributed by atoms with Gasteiger partial charge in [0.15, 0.2) is 0 Å². The van der Waals surface area contributed by atoms with Gasteiger partial charge in [0, 0.05) is 32.9 Å². The molecule has 8 aromatic carbocycles. The number of nitrogens with zero attached hydrogens (tertiary/aromatic N) is 2. The van der Waals surface area contributed by atoms with Gasteiger partial charge in [-0.25, -0.2) is 0 Å². The van der Waals surface area contributed by atoms with Gasteiger partial charge in [0.25, 0.3) is 0 Å². The van der Waals surface area contributed by atoms with E-state index in [1.165, 1.54) is 77.0 Å². The van der Waals surface area contributed by atoms with Crippen LogP contribution in [0.3, 0.4) is 0 Å². The zero-order valence-corrected chi connectivity index (χ0v) is 27.4. The lowest BCUT2D eigenvalue weighted by molar-refractivity contribution is 1.17. The molecule has 0 amide bonds. The monoisotopic (exact) mass is 636 g/mol. The molecular weight excluding hydrogens is 605 g/mol. The zero-order chi connectivity index (χ0) is 33.0. The summed E-state index contributed by atoms with van der Waals surface area (Å²) in [5.74, 6) is 0. The van der Waals surface area contributed by atoms with E-state index in [-0.39, 0.29) is 0 Å². The van der Waals surface area contributed by atoms with Crippen molar-refractivity contribution in [2.24, 2.45) is 0 Å². The lowest BCUT2D eigenvalue weighted by Gasteiger charge is -2.14. The Morgan fingerprint density at radius 2 is 0.620 bits per heavy atom. The summed E-state index contributed by atoms with van der Waals surface area (Å²) in [7, 11) is 0. The van der Waals surface area contributed by atoms with E-state index in [2.05, 4.69) is 203 Å². The van der Waals surface area contributed by atoms with Crippen molar-refractivity contribution in [1.82, 2.24) is 9.13 Å². The van der Waals surface area contributed by atoms with Crippen LogP contribution in [0.5, 0.6) is 0 Å². The van der Waals surface area contributed by atoms with Crippen LogP contribution in [0.2, 0.25) is 0 Å². The van der Waals surface area contributed by atoms with E-state index in [1.54, 1.807) is 0 Å². The third-order valence-electron chi connectivity index (χ3n) is 10.1. The highest BCUT2D eigenvalue weighted by Gasteiger charge is 2.19. The predicted molar refractivity (Wildman–Crippen MR) is 211 cm³/mol. The average Bonchev–Trinajstić information content (AvgIpc) is 3.70. The Morgan fingerprint density at radius 3 is 1.14 bits per heavy atom.